The second-order valence-corrected chi connectivity index (χ2v) is 4.67. The topological polar surface area (TPSA) is 30.2 Å². The van der Waals surface area contributed by atoms with Crippen LogP contribution in [0.5, 0.6) is 0 Å². The van der Waals surface area contributed by atoms with Crippen LogP contribution in [0.3, 0.4) is 0 Å². The Balaban J connectivity index is 2.06. The SMILES string of the molecule is CC(=O)/C=C/c1ccc(-c2cccc3ccccc23)o1. The molecule has 0 aliphatic rings. The van der Waals surface area contributed by atoms with Crippen LogP contribution in [0.15, 0.2) is 65.1 Å². The largest absolute Gasteiger partial charge is 0.457 e. The highest BCUT2D eigenvalue weighted by Gasteiger charge is 2.07. The van der Waals surface area contributed by atoms with Gasteiger partial charge in [0, 0.05) is 5.56 Å². The molecule has 0 unspecified atom stereocenters. The molecule has 0 amide bonds. The number of fused-ring (bicyclic) bond motifs is 1. The third-order valence-electron chi connectivity index (χ3n) is 3.16. The van der Waals surface area contributed by atoms with Crippen LogP contribution >= 0.6 is 0 Å². The molecule has 0 spiro atoms. The van der Waals surface area contributed by atoms with Gasteiger partial charge in [-0.1, -0.05) is 42.5 Å². The van der Waals surface area contributed by atoms with Gasteiger partial charge >= 0.3 is 0 Å². The highest BCUT2D eigenvalue weighted by molar-refractivity contribution is 5.95. The van der Waals surface area contributed by atoms with Gasteiger partial charge in [0.2, 0.25) is 0 Å². The molecule has 0 aliphatic heterocycles. The van der Waals surface area contributed by atoms with E-state index in [9.17, 15) is 4.79 Å². The maximum Gasteiger partial charge on any atom is 0.152 e. The van der Waals surface area contributed by atoms with Gasteiger partial charge in [0.05, 0.1) is 0 Å². The predicted molar refractivity (Wildman–Crippen MR) is 81.4 cm³/mol. The summed E-state index contributed by atoms with van der Waals surface area (Å²) >= 11 is 0. The summed E-state index contributed by atoms with van der Waals surface area (Å²) in [7, 11) is 0. The van der Waals surface area contributed by atoms with Crippen LogP contribution in [0.25, 0.3) is 28.2 Å². The zero-order valence-electron chi connectivity index (χ0n) is 11.2. The van der Waals surface area contributed by atoms with Gasteiger partial charge in [0.15, 0.2) is 5.78 Å². The van der Waals surface area contributed by atoms with E-state index in [0.717, 1.165) is 16.7 Å². The lowest BCUT2D eigenvalue weighted by molar-refractivity contribution is -0.112. The van der Waals surface area contributed by atoms with Crippen molar-refractivity contribution in [2.24, 2.45) is 0 Å². The molecule has 0 N–H and O–H groups in total. The van der Waals surface area contributed by atoms with Gasteiger partial charge in [-0.25, -0.2) is 0 Å². The van der Waals surface area contributed by atoms with E-state index in [1.54, 1.807) is 6.08 Å². The van der Waals surface area contributed by atoms with Crippen molar-refractivity contribution in [3.05, 3.63) is 66.4 Å². The number of carbonyl (C=O) groups excluding carboxylic acids is 1. The summed E-state index contributed by atoms with van der Waals surface area (Å²) < 4.78 is 5.79. The Bertz CT molecular complexity index is 789. The number of ketones is 1. The van der Waals surface area contributed by atoms with Crippen LogP contribution in [-0.4, -0.2) is 5.78 Å². The minimum Gasteiger partial charge on any atom is -0.457 e. The Labute approximate surface area is 117 Å². The fraction of sp³-hybridized carbons (Fsp3) is 0.0556. The van der Waals surface area contributed by atoms with Crippen LogP contribution in [0, 0.1) is 0 Å². The van der Waals surface area contributed by atoms with Gasteiger partial charge in [-0.3, -0.25) is 4.79 Å². The van der Waals surface area contributed by atoms with Crippen LogP contribution in [0.2, 0.25) is 0 Å². The molecule has 3 rings (SSSR count). The van der Waals surface area contributed by atoms with Crippen LogP contribution in [-0.2, 0) is 4.79 Å². The molecule has 3 aromatic rings. The fourth-order valence-corrected chi connectivity index (χ4v) is 2.23. The zero-order chi connectivity index (χ0) is 13.9. The summed E-state index contributed by atoms with van der Waals surface area (Å²) in [6.07, 6.45) is 3.20. The molecule has 0 bridgehead atoms. The Morgan fingerprint density at radius 1 is 1.00 bits per heavy atom. The molecular formula is C18H14O2. The normalized spacial score (nSPS) is 11.2. The predicted octanol–water partition coefficient (Wildman–Crippen LogP) is 4.70. The quantitative estimate of drug-likeness (QED) is 0.640. The summed E-state index contributed by atoms with van der Waals surface area (Å²) in [6, 6.07) is 18.2. The minimum absolute atomic E-state index is 0.00751. The Hall–Kier alpha value is -2.61. The Kier molecular flexibility index (Phi) is 3.21. The molecule has 98 valence electrons. The van der Waals surface area contributed by atoms with Crippen molar-refractivity contribution in [2.75, 3.05) is 0 Å². The fourth-order valence-electron chi connectivity index (χ4n) is 2.23. The average molecular weight is 262 g/mol. The van der Waals surface area contributed by atoms with Crippen LogP contribution in [0.4, 0.5) is 0 Å². The van der Waals surface area contributed by atoms with E-state index in [2.05, 4.69) is 18.2 Å². The molecule has 0 atom stereocenters. The standard InChI is InChI=1S/C18H14O2/c1-13(19)9-10-15-11-12-18(20-15)17-8-4-6-14-5-2-3-7-16(14)17/h2-12H,1H3/b10-9+. The van der Waals surface area contributed by atoms with Crippen molar-refractivity contribution in [1.29, 1.82) is 0 Å². The number of rotatable bonds is 3. The summed E-state index contributed by atoms with van der Waals surface area (Å²) in [5.41, 5.74) is 1.06. The third-order valence-corrected chi connectivity index (χ3v) is 3.16. The van der Waals surface area contributed by atoms with Crippen LogP contribution in [0.1, 0.15) is 12.7 Å². The lowest BCUT2D eigenvalue weighted by atomic mass is 10.0. The highest BCUT2D eigenvalue weighted by Crippen LogP contribution is 2.30. The summed E-state index contributed by atoms with van der Waals surface area (Å²) in [5.74, 6) is 1.50. The van der Waals surface area contributed by atoms with E-state index >= 15 is 0 Å². The lowest BCUT2D eigenvalue weighted by Gasteiger charge is -2.03. The molecule has 0 saturated heterocycles. The average Bonchev–Trinajstić information content (AvgIpc) is 2.93. The number of allylic oxidation sites excluding steroid dienone is 1. The van der Waals surface area contributed by atoms with Crippen molar-refractivity contribution in [1.82, 2.24) is 0 Å². The first-order chi connectivity index (χ1) is 9.74. The zero-order valence-corrected chi connectivity index (χ0v) is 11.2. The number of hydrogen-bond donors (Lipinski definition) is 0. The molecule has 0 fully saturated rings. The monoisotopic (exact) mass is 262 g/mol. The lowest BCUT2D eigenvalue weighted by Crippen LogP contribution is -1.79. The Morgan fingerprint density at radius 2 is 1.80 bits per heavy atom. The maximum atomic E-state index is 10.9. The van der Waals surface area contributed by atoms with E-state index in [-0.39, 0.29) is 5.78 Å². The molecule has 2 nitrogen and oxygen atoms in total. The second kappa shape index (κ2) is 5.17. The number of benzene rings is 2. The van der Waals surface area contributed by atoms with Gasteiger partial charge in [-0.2, -0.15) is 0 Å². The van der Waals surface area contributed by atoms with E-state index in [4.69, 9.17) is 4.42 Å². The van der Waals surface area contributed by atoms with Crippen LogP contribution < -0.4 is 0 Å². The highest BCUT2D eigenvalue weighted by atomic mass is 16.3. The van der Waals surface area contributed by atoms with Gasteiger partial charge in [0.25, 0.3) is 0 Å². The molecule has 1 heterocycles. The molecule has 0 aliphatic carbocycles. The maximum absolute atomic E-state index is 10.9. The summed E-state index contributed by atoms with van der Waals surface area (Å²) in [6.45, 7) is 1.52. The molecule has 2 aromatic carbocycles. The van der Waals surface area contributed by atoms with Crippen molar-refractivity contribution in [2.45, 2.75) is 6.92 Å². The van der Waals surface area contributed by atoms with Crippen molar-refractivity contribution in [3.63, 3.8) is 0 Å². The summed E-state index contributed by atoms with van der Waals surface area (Å²) in [4.78, 5) is 10.9. The van der Waals surface area contributed by atoms with Crippen molar-refractivity contribution < 1.29 is 9.21 Å². The summed E-state index contributed by atoms with van der Waals surface area (Å²) in [5, 5.41) is 2.34. The van der Waals surface area contributed by atoms with E-state index < -0.39 is 0 Å². The third kappa shape index (κ3) is 2.41. The number of carbonyl (C=O) groups is 1. The Morgan fingerprint density at radius 3 is 2.65 bits per heavy atom. The van der Waals surface area contributed by atoms with Gasteiger partial charge in [-0.15, -0.1) is 0 Å². The van der Waals surface area contributed by atoms with E-state index in [1.807, 2.05) is 36.4 Å². The molecule has 0 saturated carbocycles. The van der Waals surface area contributed by atoms with Gasteiger partial charge < -0.3 is 4.42 Å². The van der Waals surface area contributed by atoms with Crippen molar-refractivity contribution in [3.8, 4) is 11.3 Å². The number of furan rings is 1. The smallest absolute Gasteiger partial charge is 0.152 e. The van der Waals surface area contributed by atoms with Gasteiger partial charge in [-0.05, 0) is 42.0 Å². The second-order valence-electron chi connectivity index (χ2n) is 4.67. The van der Waals surface area contributed by atoms with Crippen molar-refractivity contribution >= 4 is 22.6 Å². The molecule has 0 radical (unpaired) electrons. The van der Waals surface area contributed by atoms with E-state index in [1.165, 1.54) is 18.4 Å². The minimum atomic E-state index is 0.00751. The molecule has 2 heteroatoms. The van der Waals surface area contributed by atoms with Gasteiger partial charge in [0.1, 0.15) is 11.5 Å². The number of hydrogen-bond acceptors (Lipinski definition) is 2. The molecule has 1 aromatic heterocycles. The first-order valence-electron chi connectivity index (χ1n) is 6.51. The first-order valence-corrected chi connectivity index (χ1v) is 6.51. The molecular weight excluding hydrogens is 248 g/mol. The first kappa shape index (κ1) is 12.4. The van der Waals surface area contributed by atoms with E-state index in [0.29, 0.717) is 5.76 Å². The molecule has 20 heavy (non-hydrogen) atoms.